The minimum atomic E-state index is 0.953. The molecule has 0 aliphatic carbocycles. The van der Waals surface area contributed by atoms with Gasteiger partial charge in [0.05, 0.1) is 11.0 Å². The zero-order valence-electron chi connectivity index (χ0n) is 8.76. The number of benzene rings is 1. The molecule has 2 rings (SSSR count). The van der Waals surface area contributed by atoms with Gasteiger partial charge in [-0.2, -0.15) is 0 Å². The van der Waals surface area contributed by atoms with Crippen LogP contribution < -0.4 is 0 Å². The highest BCUT2D eigenvalue weighted by Crippen LogP contribution is 2.18. The zero-order chi connectivity index (χ0) is 10.1. The fraction of sp³-hybridized carbons (Fsp3) is 0.364. The van der Waals surface area contributed by atoms with E-state index in [-0.39, 0.29) is 0 Å². The number of fused-ring (bicyclic) bond motifs is 1. The first-order valence-electron chi connectivity index (χ1n) is 4.67. The number of imidazole rings is 1. The van der Waals surface area contributed by atoms with Gasteiger partial charge in [0.1, 0.15) is 0 Å². The Morgan fingerprint density at radius 2 is 2.21 bits per heavy atom. The van der Waals surface area contributed by atoms with Crippen molar-refractivity contribution in [2.75, 3.05) is 14.1 Å². The summed E-state index contributed by atoms with van der Waals surface area (Å²) in [7, 11) is 4.14. The van der Waals surface area contributed by atoms with Gasteiger partial charge in [-0.15, -0.1) is 0 Å². The van der Waals surface area contributed by atoms with E-state index < -0.39 is 0 Å². The number of aryl methyl sites for hydroxylation is 1. The number of aromatic nitrogens is 2. The maximum atomic E-state index is 4.19. The highest BCUT2D eigenvalue weighted by atomic mass is 15.0. The third-order valence-corrected chi connectivity index (χ3v) is 2.39. The molecule has 14 heavy (non-hydrogen) atoms. The minimum Gasteiger partial charge on any atom is -0.335 e. The Kier molecular flexibility index (Phi) is 2.25. The predicted octanol–water partition coefficient (Wildman–Crippen LogP) is 1.73. The van der Waals surface area contributed by atoms with E-state index in [0.717, 1.165) is 17.6 Å². The van der Waals surface area contributed by atoms with Gasteiger partial charge in [0.2, 0.25) is 0 Å². The number of rotatable bonds is 2. The van der Waals surface area contributed by atoms with Crippen molar-refractivity contribution in [3.8, 4) is 0 Å². The molecule has 0 fully saturated rings. The number of aromatic amines is 1. The van der Waals surface area contributed by atoms with Crippen LogP contribution in [-0.2, 0) is 6.54 Å². The normalized spacial score (nSPS) is 11.4. The van der Waals surface area contributed by atoms with Crippen LogP contribution in [0.2, 0.25) is 0 Å². The van der Waals surface area contributed by atoms with E-state index in [1.807, 2.05) is 0 Å². The van der Waals surface area contributed by atoms with E-state index in [1.165, 1.54) is 11.1 Å². The molecule has 1 aromatic heterocycles. The Morgan fingerprint density at radius 3 is 2.93 bits per heavy atom. The van der Waals surface area contributed by atoms with Gasteiger partial charge in [-0.05, 0) is 38.2 Å². The monoisotopic (exact) mass is 188 g/mol. The van der Waals surface area contributed by atoms with E-state index in [4.69, 9.17) is 0 Å². The summed E-state index contributed by atoms with van der Waals surface area (Å²) in [5.74, 6) is 0. The van der Waals surface area contributed by atoms with Crippen LogP contribution in [-0.4, -0.2) is 29.0 Å². The van der Waals surface area contributed by atoms with Crippen LogP contribution in [0.3, 0.4) is 0 Å². The molecule has 1 radical (unpaired) electrons. The molecule has 0 spiro atoms. The van der Waals surface area contributed by atoms with Crippen molar-refractivity contribution in [1.29, 1.82) is 0 Å². The molecule has 0 saturated carbocycles. The maximum absolute atomic E-state index is 4.19. The maximum Gasteiger partial charge on any atom is 0.174 e. The van der Waals surface area contributed by atoms with Crippen molar-refractivity contribution in [3.63, 3.8) is 0 Å². The van der Waals surface area contributed by atoms with Crippen LogP contribution >= 0.6 is 0 Å². The molecule has 0 saturated heterocycles. The molecule has 2 aromatic rings. The summed E-state index contributed by atoms with van der Waals surface area (Å²) in [6.45, 7) is 3.06. The number of hydrogen-bond donors (Lipinski definition) is 1. The standard InChI is InChI=1S/C11H14N3/c1-8-9(6-14(2)3)4-5-10-11(8)13-7-12-10/h4-5H,6H2,1-3H3,(H,12,13). The van der Waals surface area contributed by atoms with Gasteiger partial charge < -0.3 is 9.88 Å². The van der Waals surface area contributed by atoms with Crippen LogP contribution in [0, 0.1) is 13.3 Å². The topological polar surface area (TPSA) is 31.9 Å². The summed E-state index contributed by atoms with van der Waals surface area (Å²) in [6, 6.07) is 4.20. The lowest BCUT2D eigenvalue weighted by molar-refractivity contribution is 0.402. The summed E-state index contributed by atoms with van der Waals surface area (Å²) in [4.78, 5) is 9.34. The molecular weight excluding hydrogens is 174 g/mol. The first kappa shape index (κ1) is 9.21. The van der Waals surface area contributed by atoms with Crippen LogP contribution in [0.1, 0.15) is 11.1 Å². The van der Waals surface area contributed by atoms with E-state index in [9.17, 15) is 0 Å². The second-order valence-corrected chi connectivity index (χ2v) is 3.83. The van der Waals surface area contributed by atoms with Gasteiger partial charge in [0.25, 0.3) is 0 Å². The van der Waals surface area contributed by atoms with E-state index >= 15 is 0 Å². The van der Waals surface area contributed by atoms with Crippen molar-refractivity contribution < 1.29 is 0 Å². The van der Waals surface area contributed by atoms with E-state index in [0.29, 0.717) is 0 Å². The van der Waals surface area contributed by atoms with Crippen molar-refractivity contribution >= 4 is 11.0 Å². The molecule has 0 amide bonds. The number of nitrogens with one attached hydrogen (secondary N) is 1. The largest absolute Gasteiger partial charge is 0.335 e. The molecular formula is C11H14N3. The fourth-order valence-electron chi connectivity index (χ4n) is 1.64. The average molecular weight is 188 g/mol. The van der Waals surface area contributed by atoms with Crippen LogP contribution in [0.25, 0.3) is 11.0 Å². The molecule has 0 unspecified atom stereocenters. The highest BCUT2D eigenvalue weighted by molar-refractivity contribution is 5.79. The van der Waals surface area contributed by atoms with Gasteiger partial charge in [-0.25, -0.2) is 4.98 Å². The fourth-order valence-corrected chi connectivity index (χ4v) is 1.64. The number of nitrogens with zero attached hydrogens (tertiary/aromatic N) is 2. The third kappa shape index (κ3) is 1.51. The lowest BCUT2D eigenvalue weighted by Crippen LogP contribution is -2.11. The van der Waals surface area contributed by atoms with Gasteiger partial charge in [-0.1, -0.05) is 6.07 Å². The van der Waals surface area contributed by atoms with Gasteiger partial charge >= 0.3 is 0 Å². The molecule has 0 aliphatic heterocycles. The average Bonchev–Trinajstić information content (AvgIpc) is 2.57. The first-order chi connectivity index (χ1) is 6.68. The zero-order valence-corrected chi connectivity index (χ0v) is 8.76. The Bertz CT molecular complexity index is 443. The van der Waals surface area contributed by atoms with Gasteiger partial charge in [-0.3, -0.25) is 0 Å². The SMILES string of the molecule is Cc1c(CN(C)C)ccc2[nH][c]nc12. The van der Waals surface area contributed by atoms with Crippen LogP contribution in [0.4, 0.5) is 0 Å². The van der Waals surface area contributed by atoms with Crippen molar-refractivity contribution in [3.05, 3.63) is 29.6 Å². The Balaban J connectivity index is 2.51. The second kappa shape index (κ2) is 3.42. The lowest BCUT2D eigenvalue weighted by atomic mass is 10.1. The van der Waals surface area contributed by atoms with Crippen molar-refractivity contribution in [2.45, 2.75) is 13.5 Å². The molecule has 0 atom stereocenters. The van der Waals surface area contributed by atoms with Crippen molar-refractivity contribution in [1.82, 2.24) is 14.9 Å². The lowest BCUT2D eigenvalue weighted by Gasteiger charge is -2.12. The van der Waals surface area contributed by atoms with E-state index in [2.05, 4.69) is 54.3 Å². The second-order valence-electron chi connectivity index (χ2n) is 3.83. The molecule has 3 nitrogen and oxygen atoms in total. The summed E-state index contributed by atoms with van der Waals surface area (Å²) < 4.78 is 0. The quantitative estimate of drug-likeness (QED) is 0.778. The highest BCUT2D eigenvalue weighted by Gasteiger charge is 2.05. The molecule has 3 heteroatoms. The predicted molar refractivity (Wildman–Crippen MR) is 57.1 cm³/mol. The van der Waals surface area contributed by atoms with Gasteiger partial charge in [0.15, 0.2) is 6.33 Å². The Hall–Kier alpha value is -1.35. The molecule has 1 N–H and O–H groups in total. The smallest absolute Gasteiger partial charge is 0.174 e. The van der Waals surface area contributed by atoms with Crippen LogP contribution in [0.5, 0.6) is 0 Å². The first-order valence-corrected chi connectivity index (χ1v) is 4.67. The molecule has 1 heterocycles. The molecule has 0 bridgehead atoms. The summed E-state index contributed by atoms with van der Waals surface area (Å²) in [6.07, 6.45) is 2.77. The van der Waals surface area contributed by atoms with E-state index in [1.54, 1.807) is 0 Å². The summed E-state index contributed by atoms with van der Waals surface area (Å²) in [5, 5.41) is 0. The number of H-pyrrole nitrogens is 1. The minimum absolute atomic E-state index is 0.953. The molecule has 1 aromatic carbocycles. The Morgan fingerprint density at radius 1 is 1.43 bits per heavy atom. The molecule has 0 aliphatic rings. The van der Waals surface area contributed by atoms with Gasteiger partial charge in [0, 0.05) is 6.54 Å². The summed E-state index contributed by atoms with van der Waals surface area (Å²) in [5.41, 5.74) is 4.66. The summed E-state index contributed by atoms with van der Waals surface area (Å²) >= 11 is 0. The van der Waals surface area contributed by atoms with Crippen LogP contribution in [0.15, 0.2) is 12.1 Å². The number of hydrogen-bond acceptors (Lipinski definition) is 2. The third-order valence-electron chi connectivity index (χ3n) is 2.39. The Labute approximate surface area is 83.8 Å². The van der Waals surface area contributed by atoms with Crippen molar-refractivity contribution in [2.24, 2.45) is 0 Å². The molecule has 73 valence electrons.